The number of hydrogen-bond donors (Lipinski definition) is 2. The van der Waals surface area contributed by atoms with Gasteiger partial charge < -0.3 is 10.6 Å². The fourth-order valence-corrected chi connectivity index (χ4v) is 2.48. The number of aryl methyl sites for hydroxylation is 2. The largest absolute Gasteiger partial charge is 0.330 e. The summed E-state index contributed by atoms with van der Waals surface area (Å²) >= 11 is 0. The second-order valence-corrected chi connectivity index (χ2v) is 6.13. The molecule has 1 atom stereocenters. The van der Waals surface area contributed by atoms with Gasteiger partial charge in [-0.1, -0.05) is 42.5 Å². The van der Waals surface area contributed by atoms with Crippen molar-refractivity contribution in [1.82, 2.24) is 0 Å². The second-order valence-electron chi connectivity index (χ2n) is 6.13. The number of nitrogens with two attached hydrogens (primary N) is 1. The molecule has 0 spiro atoms. The van der Waals surface area contributed by atoms with Gasteiger partial charge in [0, 0.05) is 11.3 Å². The molecule has 0 saturated heterocycles. The number of rotatable bonds is 5. The Labute approximate surface area is 132 Å². The molecule has 0 aromatic heterocycles. The number of hydrogen-bond acceptors (Lipinski definition) is 1. The summed E-state index contributed by atoms with van der Waals surface area (Å²) in [4.78, 5) is 12.8. The molecular formula is C19H25N2O+. The Kier molecular flexibility index (Phi) is 5.34. The van der Waals surface area contributed by atoms with Crippen LogP contribution in [0.15, 0.2) is 48.5 Å². The van der Waals surface area contributed by atoms with Gasteiger partial charge in [0.25, 0.3) is 5.91 Å². The SMILES string of the molecule is Cc1ccc(C)c(NC(=O)[C@H]([NH2+]C(C)C)c2ccccc2)c1. The number of nitrogens with one attached hydrogen (secondary N) is 1. The van der Waals surface area contributed by atoms with Crippen LogP contribution in [0.5, 0.6) is 0 Å². The summed E-state index contributed by atoms with van der Waals surface area (Å²) in [5, 5.41) is 5.18. The van der Waals surface area contributed by atoms with Gasteiger partial charge in [-0.25, -0.2) is 0 Å². The smallest absolute Gasteiger partial charge is 0.287 e. The van der Waals surface area contributed by atoms with Gasteiger partial charge in [-0.3, -0.25) is 4.79 Å². The zero-order chi connectivity index (χ0) is 16.1. The quantitative estimate of drug-likeness (QED) is 0.875. The lowest BCUT2D eigenvalue weighted by Gasteiger charge is -2.19. The van der Waals surface area contributed by atoms with Gasteiger partial charge in [-0.05, 0) is 44.9 Å². The number of benzene rings is 2. The minimum Gasteiger partial charge on any atom is -0.330 e. The van der Waals surface area contributed by atoms with Gasteiger partial charge in [0.15, 0.2) is 6.04 Å². The molecule has 2 rings (SSSR count). The van der Waals surface area contributed by atoms with E-state index in [-0.39, 0.29) is 11.9 Å². The van der Waals surface area contributed by atoms with Crippen LogP contribution in [0.4, 0.5) is 5.69 Å². The van der Waals surface area contributed by atoms with Crippen molar-refractivity contribution in [1.29, 1.82) is 0 Å². The molecule has 0 aliphatic heterocycles. The van der Waals surface area contributed by atoms with Crippen molar-refractivity contribution in [3.05, 3.63) is 65.2 Å². The van der Waals surface area contributed by atoms with Crippen LogP contribution in [0.2, 0.25) is 0 Å². The molecule has 3 nitrogen and oxygen atoms in total. The van der Waals surface area contributed by atoms with E-state index in [2.05, 4.69) is 30.5 Å². The topological polar surface area (TPSA) is 45.7 Å². The Balaban J connectivity index is 2.24. The van der Waals surface area contributed by atoms with Crippen LogP contribution in [0.25, 0.3) is 0 Å². The number of anilines is 1. The first-order valence-corrected chi connectivity index (χ1v) is 7.75. The molecule has 0 unspecified atom stereocenters. The van der Waals surface area contributed by atoms with Crippen LogP contribution in [-0.2, 0) is 4.79 Å². The maximum atomic E-state index is 12.8. The third-order valence-electron chi connectivity index (χ3n) is 3.67. The molecule has 3 heteroatoms. The third-order valence-corrected chi connectivity index (χ3v) is 3.67. The van der Waals surface area contributed by atoms with Crippen molar-refractivity contribution in [2.24, 2.45) is 0 Å². The first-order chi connectivity index (χ1) is 10.5. The summed E-state index contributed by atoms with van der Waals surface area (Å²) < 4.78 is 0. The van der Waals surface area contributed by atoms with Crippen molar-refractivity contribution in [3.63, 3.8) is 0 Å². The molecule has 116 valence electrons. The normalized spacial score (nSPS) is 12.2. The average molecular weight is 297 g/mol. The lowest BCUT2D eigenvalue weighted by Crippen LogP contribution is -2.91. The monoisotopic (exact) mass is 297 g/mol. The van der Waals surface area contributed by atoms with E-state index in [0.717, 1.165) is 22.4 Å². The number of quaternary nitrogens is 1. The molecule has 2 aromatic carbocycles. The summed E-state index contributed by atoms with van der Waals surface area (Å²) in [7, 11) is 0. The van der Waals surface area contributed by atoms with Crippen LogP contribution in [0.3, 0.4) is 0 Å². The van der Waals surface area contributed by atoms with E-state index in [9.17, 15) is 4.79 Å². The Bertz CT molecular complexity index is 635. The Morgan fingerprint density at radius 2 is 1.73 bits per heavy atom. The highest BCUT2D eigenvalue weighted by Crippen LogP contribution is 2.18. The van der Waals surface area contributed by atoms with Crippen molar-refractivity contribution >= 4 is 11.6 Å². The van der Waals surface area contributed by atoms with E-state index in [1.807, 2.05) is 56.3 Å². The summed E-state index contributed by atoms with van der Waals surface area (Å²) in [6.45, 7) is 8.24. The van der Waals surface area contributed by atoms with Crippen molar-refractivity contribution < 1.29 is 10.1 Å². The van der Waals surface area contributed by atoms with Gasteiger partial charge in [0.05, 0.1) is 6.04 Å². The molecule has 0 aliphatic rings. The molecule has 1 amide bonds. The van der Waals surface area contributed by atoms with Gasteiger partial charge in [0.1, 0.15) is 0 Å². The van der Waals surface area contributed by atoms with Gasteiger partial charge in [-0.15, -0.1) is 0 Å². The van der Waals surface area contributed by atoms with Crippen LogP contribution in [-0.4, -0.2) is 11.9 Å². The average Bonchev–Trinajstić information content (AvgIpc) is 2.49. The Morgan fingerprint density at radius 3 is 2.36 bits per heavy atom. The van der Waals surface area contributed by atoms with Crippen LogP contribution in [0.1, 0.15) is 36.6 Å². The summed E-state index contributed by atoms with van der Waals surface area (Å²) in [5.74, 6) is 0.0219. The van der Waals surface area contributed by atoms with E-state index in [1.54, 1.807) is 0 Å². The standard InChI is InChI=1S/C19H24N2O/c1-13(2)20-18(16-8-6-5-7-9-16)19(22)21-17-12-14(3)10-11-15(17)4/h5-13,18,20H,1-4H3,(H,21,22)/p+1/t18-/m1/s1. The van der Waals surface area contributed by atoms with Crippen molar-refractivity contribution in [2.45, 2.75) is 39.8 Å². The van der Waals surface area contributed by atoms with Crippen molar-refractivity contribution in [2.75, 3.05) is 5.32 Å². The minimum atomic E-state index is -0.235. The third kappa shape index (κ3) is 4.18. The maximum Gasteiger partial charge on any atom is 0.287 e. The van der Waals surface area contributed by atoms with E-state index < -0.39 is 0 Å². The first kappa shape index (κ1) is 16.2. The van der Waals surface area contributed by atoms with E-state index in [0.29, 0.717) is 6.04 Å². The second kappa shape index (κ2) is 7.23. The van der Waals surface area contributed by atoms with E-state index in [4.69, 9.17) is 0 Å². The highest BCUT2D eigenvalue weighted by Gasteiger charge is 2.25. The predicted molar refractivity (Wildman–Crippen MR) is 90.8 cm³/mol. The lowest BCUT2D eigenvalue weighted by atomic mass is 10.0. The van der Waals surface area contributed by atoms with E-state index in [1.165, 1.54) is 0 Å². The molecule has 0 radical (unpaired) electrons. The fourth-order valence-electron chi connectivity index (χ4n) is 2.48. The predicted octanol–water partition coefficient (Wildman–Crippen LogP) is 2.96. The Morgan fingerprint density at radius 1 is 1.05 bits per heavy atom. The maximum absolute atomic E-state index is 12.8. The van der Waals surface area contributed by atoms with Gasteiger partial charge >= 0.3 is 0 Å². The zero-order valence-corrected chi connectivity index (χ0v) is 13.8. The molecule has 0 saturated carbocycles. The summed E-state index contributed by atoms with van der Waals surface area (Å²) in [5.41, 5.74) is 4.14. The summed E-state index contributed by atoms with van der Waals surface area (Å²) in [6, 6.07) is 16.1. The van der Waals surface area contributed by atoms with Crippen molar-refractivity contribution in [3.8, 4) is 0 Å². The number of amides is 1. The molecule has 0 fully saturated rings. The highest BCUT2D eigenvalue weighted by molar-refractivity contribution is 5.95. The molecule has 3 N–H and O–H groups in total. The van der Waals surface area contributed by atoms with E-state index >= 15 is 0 Å². The number of carbonyl (C=O) groups excluding carboxylic acids is 1. The molecule has 0 aliphatic carbocycles. The molecule has 2 aromatic rings. The highest BCUT2D eigenvalue weighted by atomic mass is 16.2. The van der Waals surface area contributed by atoms with Crippen LogP contribution < -0.4 is 10.6 Å². The minimum absolute atomic E-state index is 0.0219. The molecule has 0 bridgehead atoms. The molecule has 22 heavy (non-hydrogen) atoms. The molecular weight excluding hydrogens is 272 g/mol. The number of carbonyl (C=O) groups is 1. The van der Waals surface area contributed by atoms with Gasteiger partial charge in [-0.2, -0.15) is 0 Å². The first-order valence-electron chi connectivity index (χ1n) is 7.75. The zero-order valence-electron chi connectivity index (χ0n) is 13.8. The van der Waals surface area contributed by atoms with Gasteiger partial charge in [0.2, 0.25) is 0 Å². The Hall–Kier alpha value is -2.13. The lowest BCUT2D eigenvalue weighted by molar-refractivity contribution is -0.709. The summed E-state index contributed by atoms with van der Waals surface area (Å²) in [6.07, 6.45) is 0. The molecule has 0 heterocycles. The van der Waals surface area contributed by atoms with Crippen LogP contribution in [0, 0.1) is 13.8 Å². The fraction of sp³-hybridized carbons (Fsp3) is 0.316. The van der Waals surface area contributed by atoms with Crippen LogP contribution >= 0.6 is 0 Å².